The molecule has 5 atom stereocenters. The fourth-order valence-electron chi connectivity index (χ4n) is 7.65. The smallest absolute Gasteiger partial charge is 0.311 e. The minimum atomic E-state index is -0.265. The lowest BCUT2D eigenvalue weighted by Gasteiger charge is -2.46. The molecule has 38 heavy (non-hydrogen) atoms. The first kappa shape index (κ1) is 25.7. The zero-order chi connectivity index (χ0) is 26.4. The van der Waals surface area contributed by atoms with Crippen molar-refractivity contribution in [3.63, 3.8) is 0 Å². The Balaban J connectivity index is 1.16. The number of allylic oxidation sites excluding steroid dienone is 1. The molecule has 0 amide bonds. The average Bonchev–Trinajstić information content (AvgIpc) is 3.19. The highest BCUT2D eigenvalue weighted by Gasteiger charge is 2.52. The molecule has 4 nitrogen and oxygen atoms in total. The van der Waals surface area contributed by atoms with Crippen LogP contribution in [0.2, 0.25) is 0 Å². The highest BCUT2D eigenvalue weighted by molar-refractivity contribution is 5.76. The normalized spacial score (nSPS) is 32.0. The number of ether oxygens (including phenoxy) is 1. The quantitative estimate of drug-likeness (QED) is 0.358. The van der Waals surface area contributed by atoms with Gasteiger partial charge in [-0.1, -0.05) is 56.2 Å². The maximum Gasteiger partial charge on any atom is 0.311 e. The molecule has 0 aromatic heterocycles. The molecule has 2 aliphatic carbocycles. The summed E-state index contributed by atoms with van der Waals surface area (Å²) in [7, 11) is 0. The van der Waals surface area contributed by atoms with E-state index in [0.717, 1.165) is 50.3 Å². The number of carbonyl (C=O) groups is 1. The van der Waals surface area contributed by atoms with Gasteiger partial charge in [-0.25, -0.2) is 8.78 Å². The Labute approximate surface area is 224 Å². The second-order valence-electron chi connectivity index (χ2n) is 12.2. The Morgan fingerprint density at radius 3 is 2.18 bits per heavy atom. The Bertz CT molecular complexity index is 1140. The standard InChI is InChI=1S/C32H38F2N2O2/c1-21-4-3-13-32(2)19-29-26(18-28(21)32)27(31(37)38-29)20-35-14-16-36(17-15-35)30(22-5-9-24(33)10-6-22)23-7-11-25(34)12-8-23/h5-12,18,21,26-27,29-30H,3-4,13-17,19-20H2,1-2H3/t21-,26+,27+,29-,32+/m1/s1. The van der Waals surface area contributed by atoms with Crippen LogP contribution < -0.4 is 0 Å². The van der Waals surface area contributed by atoms with Crippen molar-refractivity contribution in [3.8, 4) is 0 Å². The second-order valence-corrected chi connectivity index (χ2v) is 12.2. The SMILES string of the molecule is C[C@@H]1CCC[C@@]2(C)C[C@H]3OC(=O)[C@@H](CN4CCN(C(c5ccc(F)cc5)c5ccc(F)cc5)CC4)[C@@H]3C=C12. The summed E-state index contributed by atoms with van der Waals surface area (Å²) in [6.07, 6.45) is 7.09. The summed E-state index contributed by atoms with van der Waals surface area (Å²) in [6, 6.07) is 13.2. The lowest BCUT2D eigenvalue weighted by molar-refractivity contribution is -0.145. The monoisotopic (exact) mass is 520 g/mol. The van der Waals surface area contributed by atoms with E-state index in [1.165, 1.54) is 43.5 Å². The Hall–Kier alpha value is -2.57. The third-order valence-corrected chi connectivity index (χ3v) is 9.68. The zero-order valence-corrected chi connectivity index (χ0v) is 22.4. The number of esters is 1. The minimum Gasteiger partial charge on any atom is -0.461 e. The van der Waals surface area contributed by atoms with Crippen molar-refractivity contribution in [2.24, 2.45) is 23.2 Å². The van der Waals surface area contributed by atoms with Gasteiger partial charge in [-0.2, -0.15) is 0 Å². The van der Waals surface area contributed by atoms with E-state index in [2.05, 4.69) is 29.7 Å². The van der Waals surface area contributed by atoms with Crippen LogP contribution in [-0.2, 0) is 9.53 Å². The number of rotatable bonds is 5. The lowest BCUT2D eigenvalue weighted by Crippen LogP contribution is -2.50. The zero-order valence-electron chi connectivity index (χ0n) is 22.4. The molecule has 0 N–H and O–H groups in total. The summed E-state index contributed by atoms with van der Waals surface area (Å²) in [5.41, 5.74) is 3.72. The van der Waals surface area contributed by atoms with Crippen LogP contribution in [0.4, 0.5) is 8.78 Å². The fraction of sp³-hybridized carbons (Fsp3) is 0.531. The van der Waals surface area contributed by atoms with Crippen molar-refractivity contribution in [1.29, 1.82) is 0 Å². The van der Waals surface area contributed by atoms with E-state index >= 15 is 0 Å². The van der Waals surface area contributed by atoms with Gasteiger partial charge >= 0.3 is 5.97 Å². The van der Waals surface area contributed by atoms with Gasteiger partial charge < -0.3 is 4.74 Å². The molecule has 0 spiro atoms. The predicted molar refractivity (Wildman–Crippen MR) is 143 cm³/mol. The number of nitrogens with zero attached hydrogens (tertiary/aromatic N) is 2. The van der Waals surface area contributed by atoms with Gasteiger partial charge in [0, 0.05) is 38.6 Å². The van der Waals surface area contributed by atoms with Gasteiger partial charge in [0.2, 0.25) is 0 Å². The summed E-state index contributed by atoms with van der Waals surface area (Å²) in [4.78, 5) is 17.8. The Morgan fingerprint density at radius 1 is 0.974 bits per heavy atom. The number of benzene rings is 2. The summed E-state index contributed by atoms with van der Waals surface area (Å²) >= 11 is 0. The van der Waals surface area contributed by atoms with Gasteiger partial charge in [0.15, 0.2) is 0 Å². The van der Waals surface area contributed by atoms with E-state index in [1.54, 1.807) is 5.57 Å². The minimum absolute atomic E-state index is 0.00849. The van der Waals surface area contributed by atoms with Crippen LogP contribution in [0.25, 0.3) is 0 Å². The number of carbonyl (C=O) groups excluding carboxylic acids is 1. The van der Waals surface area contributed by atoms with Crippen molar-refractivity contribution in [1.82, 2.24) is 9.80 Å². The first-order valence-electron chi connectivity index (χ1n) is 14.2. The summed E-state index contributed by atoms with van der Waals surface area (Å²) in [5, 5.41) is 0. The highest BCUT2D eigenvalue weighted by atomic mass is 19.1. The molecule has 2 saturated heterocycles. The van der Waals surface area contributed by atoms with Crippen molar-refractivity contribution >= 4 is 5.97 Å². The summed E-state index contributed by atoms with van der Waals surface area (Å²) < 4.78 is 33.3. The van der Waals surface area contributed by atoms with Crippen molar-refractivity contribution in [2.75, 3.05) is 32.7 Å². The number of hydrogen-bond donors (Lipinski definition) is 0. The Kier molecular flexibility index (Phi) is 6.89. The van der Waals surface area contributed by atoms with E-state index in [9.17, 15) is 13.6 Å². The molecule has 6 rings (SSSR count). The van der Waals surface area contributed by atoms with Gasteiger partial charge in [0.05, 0.1) is 12.0 Å². The topological polar surface area (TPSA) is 32.8 Å². The molecule has 6 heteroatoms. The average molecular weight is 521 g/mol. The van der Waals surface area contributed by atoms with Crippen LogP contribution in [0, 0.1) is 34.8 Å². The van der Waals surface area contributed by atoms with Crippen LogP contribution in [0.1, 0.15) is 56.7 Å². The van der Waals surface area contributed by atoms with Crippen LogP contribution in [-0.4, -0.2) is 54.6 Å². The van der Waals surface area contributed by atoms with Gasteiger partial charge in [0.25, 0.3) is 0 Å². The maximum atomic E-state index is 13.7. The van der Waals surface area contributed by atoms with E-state index in [1.807, 2.05) is 24.3 Å². The van der Waals surface area contributed by atoms with Gasteiger partial charge in [-0.15, -0.1) is 0 Å². The molecule has 2 aromatic rings. The van der Waals surface area contributed by atoms with E-state index in [0.29, 0.717) is 5.92 Å². The van der Waals surface area contributed by atoms with Crippen LogP contribution in [0.3, 0.4) is 0 Å². The molecule has 0 unspecified atom stereocenters. The summed E-state index contributed by atoms with van der Waals surface area (Å²) in [5.74, 6) is 0.0878. The van der Waals surface area contributed by atoms with Crippen LogP contribution >= 0.6 is 0 Å². The van der Waals surface area contributed by atoms with Gasteiger partial charge in [-0.05, 0) is 66.0 Å². The van der Waals surface area contributed by atoms with E-state index in [-0.39, 0.29) is 47.0 Å². The molecular weight excluding hydrogens is 482 g/mol. The molecule has 2 aromatic carbocycles. The van der Waals surface area contributed by atoms with Crippen molar-refractivity contribution in [2.45, 2.75) is 51.7 Å². The first-order valence-corrected chi connectivity index (χ1v) is 14.2. The predicted octanol–water partition coefficient (Wildman–Crippen LogP) is 5.99. The number of fused-ring (bicyclic) bond motifs is 2. The highest BCUT2D eigenvalue weighted by Crippen LogP contribution is 2.54. The molecular formula is C32H38F2N2O2. The van der Waals surface area contributed by atoms with Gasteiger partial charge in [-0.3, -0.25) is 14.6 Å². The second kappa shape index (κ2) is 10.2. The van der Waals surface area contributed by atoms with E-state index in [4.69, 9.17) is 4.74 Å². The molecule has 202 valence electrons. The third kappa shape index (κ3) is 4.82. The lowest BCUT2D eigenvalue weighted by atomic mass is 9.59. The summed E-state index contributed by atoms with van der Waals surface area (Å²) in [6.45, 7) is 8.73. The first-order chi connectivity index (χ1) is 18.3. The number of piperazine rings is 1. The van der Waals surface area contributed by atoms with Crippen LogP contribution in [0.15, 0.2) is 60.2 Å². The Morgan fingerprint density at radius 2 is 1.58 bits per heavy atom. The largest absolute Gasteiger partial charge is 0.461 e. The third-order valence-electron chi connectivity index (χ3n) is 9.68. The molecule has 0 radical (unpaired) electrons. The molecule has 2 aliphatic heterocycles. The number of hydrogen-bond acceptors (Lipinski definition) is 4. The molecule has 4 aliphatic rings. The molecule has 0 bridgehead atoms. The molecule has 2 heterocycles. The number of halogens is 2. The molecule has 1 saturated carbocycles. The van der Waals surface area contributed by atoms with Crippen molar-refractivity contribution in [3.05, 3.63) is 82.9 Å². The van der Waals surface area contributed by atoms with Gasteiger partial charge in [0.1, 0.15) is 17.7 Å². The van der Waals surface area contributed by atoms with Crippen LogP contribution in [0.5, 0.6) is 0 Å². The van der Waals surface area contributed by atoms with E-state index < -0.39 is 0 Å². The molecule has 3 fully saturated rings. The fourth-order valence-corrected chi connectivity index (χ4v) is 7.65. The maximum absolute atomic E-state index is 13.7. The van der Waals surface area contributed by atoms with Crippen molar-refractivity contribution < 1.29 is 18.3 Å².